The highest BCUT2D eigenvalue weighted by Crippen LogP contribution is 2.48. The first-order chi connectivity index (χ1) is 9.59. The third kappa shape index (κ3) is 2.66. The van der Waals surface area contributed by atoms with E-state index in [0.717, 1.165) is 17.9 Å². The molecule has 0 radical (unpaired) electrons. The molecular weight excluding hydrogens is 276 g/mol. The van der Waals surface area contributed by atoms with Gasteiger partial charge in [0.1, 0.15) is 6.04 Å². The SMILES string of the molecule is O=C1CCC(C(=O)NCC2(c3cccc(Cl)c3)CC2)N1. The quantitative estimate of drug-likeness (QED) is 0.888. The Morgan fingerprint density at radius 1 is 1.45 bits per heavy atom. The maximum atomic E-state index is 12.0. The second kappa shape index (κ2) is 5.09. The van der Waals surface area contributed by atoms with Gasteiger partial charge in [0.2, 0.25) is 11.8 Å². The van der Waals surface area contributed by atoms with Gasteiger partial charge in [-0.25, -0.2) is 0 Å². The highest BCUT2D eigenvalue weighted by atomic mass is 35.5. The van der Waals surface area contributed by atoms with Crippen LogP contribution in [0.5, 0.6) is 0 Å². The van der Waals surface area contributed by atoms with Gasteiger partial charge in [-0.05, 0) is 37.0 Å². The summed E-state index contributed by atoms with van der Waals surface area (Å²) >= 11 is 6.03. The molecule has 1 heterocycles. The van der Waals surface area contributed by atoms with E-state index >= 15 is 0 Å². The van der Waals surface area contributed by atoms with Crippen LogP contribution in [0.1, 0.15) is 31.2 Å². The smallest absolute Gasteiger partial charge is 0.242 e. The molecule has 2 aliphatic rings. The van der Waals surface area contributed by atoms with Gasteiger partial charge in [-0.1, -0.05) is 23.7 Å². The minimum absolute atomic E-state index is 0.0309. The number of benzene rings is 1. The Morgan fingerprint density at radius 2 is 2.25 bits per heavy atom. The Kier molecular flexibility index (Phi) is 3.42. The zero-order valence-corrected chi connectivity index (χ0v) is 11.9. The molecule has 2 fully saturated rings. The molecule has 5 heteroatoms. The standard InChI is InChI=1S/C15H17ClN2O2/c16-11-3-1-2-10(8-11)15(6-7-15)9-17-14(20)12-4-5-13(19)18-12/h1-3,8,12H,4-7,9H2,(H,17,20)(H,18,19). The van der Waals surface area contributed by atoms with Gasteiger partial charge in [-0.15, -0.1) is 0 Å². The van der Waals surface area contributed by atoms with Crippen LogP contribution >= 0.6 is 11.6 Å². The Hall–Kier alpha value is -1.55. The number of rotatable bonds is 4. The zero-order valence-electron chi connectivity index (χ0n) is 11.1. The van der Waals surface area contributed by atoms with Crippen LogP contribution < -0.4 is 10.6 Å². The largest absolute Gasteiger partial charge is 0.353 e. The molecule has 4 nitrogen and oxygen atoms in total. The van der Waals surface area contributed by atoms with Crippen molar-refractivity contribution >= 4 is 23.4 Å². The van der Waals surface area contributed by atoms with Gasteiger partial charge in [0, 0.05) is 23.4 Å². The molecule has 2 N–H and O–H groups in total. The van der Waals surface area contributed by atoms with Crippen LogP contribution in [0.2, 0.25) is 5.02 Å². The maximum absolute atomic E-state index is 12.0. The normalized spacial score (nSPS) is 23.2. The lowest BCUT2D eigenvalue weighted by atomic mass is 9.96. The average Bonchev–Trinajstić information content (AvgIpc) is 3.11. The van der Waals surface area contributed by atoms with Crippen molar-refractivity contribution in [2.75, 3.05) is 6.54 Å². The van der Waals surface area contributed by atoms with Gasteiger partial charge in [0.25, 0.3) is 0 Å². The van der Waals surface area contributed by atoms with Gasteiger partial charge < -0.3 is 10.6 Å². The van der Waals surface area contributed by atoms with E-state index in [9.17, 15) is 9.59 Å². The fourth-order valence-electron chi connectivity index (χ4n) is 2.73. The van der Waals surface area contributed by atoms with Crippen molar-refractivity contribution in [2.45, 2.75) is 37.1 Å². The van der Waals surface area contributed by atoms with Crippen LogP contribution in [0.25, 0.3) is 0 Å². The summed E-state index contributed by atoms with van der Waals surface area (Å²) in [7, 11) is 0. The molecule has 1 aromatic carbocycles. The Labute approximate surface area is 122 Å². The third-order valence-corrected chi connectivity index (χ3v) is 4.44. The Balaban J connectivity index is 1.61. The van der Waals surface area contributed by atoms with E-state index in [1.807, 2.05) is 18.2 Å². The number of carbonyl (C=O) groups is 2. The van der Waals surface area contributed by atoms with E-state index in [1.165, 1.54) is 5.56 Å². The predicted octanol–water partition coefficient (Wildman–Crippen LogP) is 1.77. The summed E-state index contributed by atoms with van der Waals surface area (Å²) in [6.45, 7) is 0.610. The van der Waals surface area contributed by atoms with E-state index in [1.54, 1.807) is 0 Å². The second-order valence-electron chi connectivity index (χ2n) is 5.67. The highest BCUT2D eigenvalue weighted by Gasteiger charge is 2.44. The fraction of sp³-hybridized carbons (Fsp3) is 0.467. The van der Waals surface area contributed by atoms with Crippen molar-refractivity contribution in [3.63, 3.8) is 0 Å². The summed E-state index contributed by atoms with van der Waals surface area (Å²) in [5.74, 6) is -0.120. The number of carbonyl (C=O) groups excluding carboxylic acids is 2. The monoisotopic (exact) mass is 292 g/mol. The first-order valence-corrected chi connectivity index (χ1v) is 7.30. The van der Waals surface area contributed by atoms with Crippen LogP contribution in [0, 0.1) is 0 Å². The zero-order chi connectivity index (χ0) is 14.2. The van der Waals surface area contributed by atoms with Crippen LogP contribution in [0.4, 0.5) is 0 Å². The number of amides is 2. The molecule has 1 aromatic rings. The summed E-state index contributed by atoms with van der Waals surface area (Å²) in [5.41, 5.74) is 1.21. The molecular formula is C15H17ClN2O2. The summed E-state index contributed by atoms with van der Waals surface area (Å²) in [6, 6.07) is 7.46. The van der Waals surface area contributed by atoms with Crippen molar-refractivity contribution in [3.05, 3.63) is 34.9 Å². The van der Waals surface area contributed by atoms with E-state index in [4.69, 9.17) is 11.6 Å². The van der Waals surface area contributed by atoms with Crippen LogP contribution in [-0.2, 0) is 15.0 Å². The van der Waals surface area contributed by atoms with Crippen LogP contribution in [-0.4, -0.2) is 24.4 Å². The summed E-state index contributed by atoms with van der Waals surface area (Å²) < 4.78 is 0. The Morgan fingerprint density at radius 3 is 2.85 bits per heavy atom. The minimum atomic E-state index is -0.363. The van der Waals surface area contributed by atoms with Crippen molar-refractivity contribution in [1.29, 1.82) is 0 Å². The molecule has 3 rings (SSSR count). The predicted molar refractivity (Wildman–Crippen MR) is 76.5 cm³/mol. The molecule has 106 valence electrons. The topological polar surface area (TPSA) is 58.2 Å². The molecule has 0 aromatic heterocycles. The average molecular weight is 293 g/mol. The van der Waals surface area contributed by atoms with Gasteiger partial charge in [0.05, 0.1) is 0 Å². The first kappa shape index (κ1) is 13.4. The molecule has 1 saturated carbocycles. The van der Waals surface area contributed by atoms with Gasteiger partial charge in [-0.3, -0.25) is 9.59 Å². The fourth-order valence-corrected chi connectivity index (χ4v) is 2.92. The lowest BCUT2D eigenvalue weighted by molar-refractivity contribution is -0.125. The molecule has 0 bridgehead atoms. The maximum Gasteiger partial charge on any atom is 0.242 e. The number of halogens is 1. The van der Waals surface area contributed by atoms with E-state index in [2.05, 4.69) is 16.7 Å². The molecule has 1 saturated heterocycles. The Bertz CT molecular complexity index is 555. The van der Waals surface area contributed by atoms with Crippen molar-refractivity contribution in [3.8, 4) is 0 Å². The van der Waals surface area contributed by atoms with E-state index in [-0.39, 0.29) is 23.3 Å². The molecule has 1 aliphatic heterocycles. The van der Waals surface area contributed by atoms with Gasteiger partial charge in [-0.2, -0.15) is 0 Å². The molecule has 20 heavy (non-hydrogen) atoms. The summed E-state index contributed by atoms with van der Waals surface area (Å²) in [5, 5.41) is 6.38. The number of hydrogen-bond donors (Lipinski definition) is 2. The van der Waals surface area contributed by atoms with Crippen LogP contribution in [0.15, 0.2) is 24.3 Å². The lowest BCUT2D eigenvalue weighted by Gasteiger charge is -2.18. The minimum Gasteiger partial charge on any atom is -0.353 e. The third-order valence-electron chi connectivity index (χ3n) is 4.20. The summed E-state index contributed by atoms with van der Waals surface area (Å²) in [6.07, 6.45) is 3.15. The highest BCUT2D eigenvalue weighted by molar-refractivity contribution is 6.30. The van der Waals surface area contributed by atoms with Gasteiger partial charge in [0.15, 0.2) is 0 Å². The number of hydrogen-bond acceptors (Lipinski definition) is 2. The number of nitrogens with one attached hydrogen (secondary N) is 2. The van der Waals surface area contributed by atoms with E-state index < -0.39 is 0 Å². The lowest BCUT2D eigenvalue weighted by Crippen LogP contribution is -2.44. The molecule has 1 atom stereocenters. The van der Waals surface area contributed by atoms with E-state index in [0.29, 0.717) is 19.4 Å². The first-order valence-electron chi connectivity index (χ1n) is 6.92. The molecule has 1 aliphatic carbocycles. The van der Waals surface area contributed by atoms with Crippen LogP contribution in [0.3, 0.4) is 0 Å². The van der Waals surface area contributed by atoms with Crippen molar-refractivity contribution < 1.29 is 9.59 Å². The van der Waals surface area contributed by atoms with Crippen molar-refractivity contribution in [1.82, 2.24) is 10.6 Å². The second-order valence-corrected chi connectivity index (χ2v) is 6.10. The molecule has 2 amide bonds. The van der Waals surface area contributed by atoms with Gasteiger partial charge >= 0.3 is 0 Å². The summed E-state index contributed by atoms with van der Waals surface area (Å²) in [4.78, 5) is 23.1. The van der Waals surface area contributed by atoms with Crippen molar-refractivity contribution in [2.24, 2.45) is 0 Å². The molecule has 1 unspecified atom stereocenters. The molecule has 0 spiro atoms.